The maximum Gasteiger partial charge on any atom is 0.244 e. The van der Waals surface area contributed by atoms with E-state index in [4.69, 9.17) is 0 Å². The molecule has 0 aromatic heterocycles. The lowest BCUT2D eigenvalue weighted by Crippen LogP contribution is -2.43. The van der Waals surface area contributed by atoms with Gasteiger partial charge in [0.1, 0.15) is 6.17 Å². The Morgan fingerprint density at radius 2 is 2.05 bits per heavy atom. The molecule has 1 aromatic rings. The minimum absolute atomic E-state index is 0.0245. The highest BCUT2D eigenvalue weighted by Gasteiger charge is 2.49. The zero-order valence-corrected chi connectivity index (χ0v) is 13.5. The SMILES string of the molecule is CCC1(C)NC(c2ccccc2C)N(CC2CC2C)C1=O. The molecule has 1 N–H and O–H groups in total. The lowest BCUT2D eigenvalue weighted by Gasteiger charge is -2.26. The van der Waals surface area contributed by atoms with E-state index in [-0.39, 0.29) is 12.1 Å². The first-order valence-corrected chi connectivity index (χ1v) is 8.10. The van der Waals surface area contributed by atoms with Crippen LogP contribution in [0.15, 0.2) is 24.3 Å². The van der Waals surface area contributed by atoms with Crippen LogP contribution in [0, 0.1) is 18.8 Å². The third kappa shape index (κ3) is 2.48. The Labute approximate surface area is 127 Å². The second-order valence-corrected chi connectivity index (χ2v) is 7.02. The number of carbonyl (C=O) groups excluding carboxylic acids is 1. The van der Waals surface area contributed by atoms with Crippen LogP contribution in [0.3, 0.4) is 0 Å². The maximum atomic E-state index is 12.9. The molecule has 0 spiro atoms. The van der Waals surface area contributed by atoms with Gasteiger partial charge in [0.2, 0.25) is 5.91 Å². The summed E-state index contributed by atoms with van der Waals surface area (Å²) >= 11 is 0. The smallest absolute Gasteiger partial charge is 0.244 e. The topological polar surface area (TPSA) is 32.3 Å². The molecule has 0 radical (unpaired) electrons. The molecule has 4 unspecified atom stereocenters. The van der Waals surface area contributed by atoms with E-state index >= 15 is 0 Å². The molecule has 1 amide bonds. The van der Waals surface area contributed by atoms with Crippen LogP contribution >= 0.6 is 0 Å². The first kappa shape index (κ1) is 14.6. The number of carbonyl (C=O) groups is 1. The van der Waals surface area contributed by atoms with Crippen LogP contribution in [0.1, 0.15) is 50.9 Å². The van der Waals surface area contributed by atoms with Crippen molar-refractivity contribution in [1.82, 2.24) is 10.2 Å². The quantitative estimate of drug-likeness (QED) is 0.921. The van der Waals surface area contributed by atoms with E-state index < -0.39 is 5.54 Å². The van der Waals surface area contributed by atoms with Crippen molar-refractivity contribution in [2.45, 2.75) is 52.2 Å². The van der Waals surface area contributed by atoms with Crippen molar-refractivity contribution in [2.24, 2.45) is 11.8 Å². The van der Waals surface area contributed by atoms with Gasteiger partial charge in [-0.1, -0.05) is 38.1 Å². The summed E-state index contributed by atoms with van der Waals surface area (Å²) < 4.78 is 0. The molecule has 0 bridgehead atoms. The molecule has 1 saturated heterocycles. The Balaban J connectivity index is 1.92. The Kier molecular flexibility index (Phi) is 3.56. The Bertz CT molecular complexity index is 556. The van der Waals surface area contributed by atoms with E-state index in [9.17, 15) is 4.79 Å². The molecule has 21 heavy (non-hydrogen) atoms. The first-order valence-electron chi connectivity index (χ1n) is 8.10. The highest BCUT2D eigenvalue weighted by atomic mass is 16.2. The van der Waals surface area contributed by atoms with E-state index in [1.807, 2.05) is 6.92 Å². The Morgan fingerprint density at radius 3 is 2.62 bits per heavy atom. The minimum Gasteiger partial charge on any atom is -0.321 e. The molecule has 1 heterocycles. The molecular formula is C18H26N2O. The van der Waals surface area contributed by atoms with Crippen LogP contribution in [0.4, 0.5) is 0 Å². The summed E-state index contributed by atoms with van der Waals surface area (Å²) in [6, 6.07) is 8.39. The summed E-state index contributed by atoms with van der Waals surface area (Å²) in [4.78, 5) is 15.0. The summed E-state index contributed by atoms with van der Waals surface area (Å²) in [6.07, 6.45) is 2.11. The summed E-state index contributed by atoms with van der Waals surface area (Å²) in [7, 11) is 0. The van der Waals surface area contributed by atoms with Gasteiger partial charge in [0.15, 0.2) is 0 Å². The standard InChI is InChI=1S/C18H26N2O/c1-5-18(4)17(21)20(11-14-10-13(14)3)16(19-18)15-9-7-6-8-12(15)2/h6-9,13-14,16,19H,5,10-11H2,1-4H3. The molecule has 1 saturated carbocycles. The monoisotopic (exact) mass is 286 g/mol. The van der Waals surface area contributed by atoms with Crippen LogP contribution < -0.4 is 5.32 Å². The van der Waals surface area contributed by atoms with Gasteiger partial charge in [0.05, 0.1) is 5.54 Å². The van der Waals surface area contributed by atoms with Gasteiger partial charge >= 0.3 is 0 Å². The number of aryl methyl sites for hydroxylation is 1. The largest absolute Gasteiger partial charge is 0.321 e. The molecular weight excluding hydrogens is 260 g/mol. The van der Waals surface area contributed by atoms with E-state index in [1.165, 1.54) is 17.5 Å². The molecule has 1 aromatic carbocycles. The second kappa shape index (κ2) is 5.13. The van der Waals surface area contributed by atoms with Crippen LogP contribution in [0.5, 0.6) is 0 Å². The lowest BCUT2D eigenvalue weighted by molar-refractivity contribution is -0.133. The van der Waals surface area contributed by atoms with Gasteiger partial charge in [-0.2, -0.15) is 0 Å². The van der Waals surface area contributed by atoms with Crippen molar-refractivity contribution in [3.8, 4) is 0 Å². The Morgan fingerprint density at radius 1 is 1.38 bits per heavy atom. The van der Waals surface area contributed by atoms with Crippen molar-refractivity contribution < 1.29 is 4.79 Å². The fourth-order valence-electron chi connectivity index (χ4n) is 3.36. The van der Waals surface area contributed by atoms with Gasteiger partial charge in [-0.05, 0) is 49.7 Å². The average molecular weight is 286 g/mol. The van der Waals surface area contributed by atoms with Gasteiger partial charge in [-0.25, -0.2) is 0 Å². The number of nitrogens with one attached hydrogen (secondary N) is 1. The molecule has 2 fully saturated rings. The fraction of sp³-hybridized carbons (Fsp3) is 0.611. The maximum absolute atomic E-state index is 12.9. The van der Waals surface area contributed by atoms with Gasteiger partial charge in [0.25, 0.3) is 0 Å². The first-order chi connectivity index (χ1) is 9.96. The van der Waals surface area contributed by atoms with Gasteiger partial charge in [-0.3, -0.25) is 10.1 Å². The number of nitrogens with zero attached hydrogens (tertiary/aromatic N) is 1. The summed E-state index contributed by atoms with van der Waals surface area (Å²) in [5.41, 5.74) is 2.05. The summed E-state index contributed by atoms with van der Waals surface area (Å²) in [5, 5.41) is 3.60. The van der Waals surface area contributed by atoms with Crippen molar-refractivity contribution in [1.29, 1.82) is 0 Å². The van der Waals surface area contributed by atoms with Crippen molar-refractivity contribution in [3.05, 3.63) is 35.4 Å². The summed E-state index contributed by atoms with van der Waals surface area (Å²) in [5.74, 6) is 1.71. The fourth-order valence-corrected chi connectivity index (χ4v) is 3.36. The van der Waals surface area contributed by atoms with Crippen molar-refractivity contribution in [2.75, 3.05) is 6.54 Å². The molecule has 1 aliphatic carbocycles. The number of hydrogen-bond acceptors (Lipinski definition) is 2. The van der Waals surface area contributed by atoms with E-state index in [2.05, 4.69) is 55.3 Å². The van der Waals surface area contributed by atoms with Gasteiger partial charge in [-0.15, -0.1) is 0 Å². The molecule has 3 heteroatoms. The Hall–Kier alpha value is -1.35. The minimum atomic E-state index is -0.426. The van der Waals surface area contributed by atoms with E-state index in [1.54, 1.807) is 0 Å². The van der Waals surface area contributed by atoms with Crippen LogP contribution in [0.2, 0.25) is 0 Å². The summed E-state index contributed by atoms with van der Waals surface area (Å²) in [6.45, 7) is 9.42. The predicted molar refractivity (Wildman–Crippen MR) is 84.7 cm³/mol. The highest BCUT2D eigenvalue weighted by Crippen LogP contribution is 2.42. The normalized spacial score (nSPS) is 35.3. The second-order valence-electron chi connectivity index (χ2n) is 7.02. The number of rotatable bonds is 4. The van der Waals surface area contributed by atoms with Crippen LogP contribution in [0.25, 0.3) is 0 Å². The van der Waals surface area contributed by atoms with Gasteiger partial charge in [0, 0.05) is 6.54 Å². The van der Waals surface area contributed by atoms with Crippen LogP contribution in [-0.2, 0) is 4.79 Å². The lowest BCUT2D eigenvalue weighted by atomic mass is 9.99. The molecule has 4 atom stereocenters. The van der Waals surface area contributed by atoms with Crippen molar-refractivity contribution >= 4 is 5.91 Å². The highest BCUT2D eigenvalue weighted by molar-refractivity contribution is 5.88. The number of hydrogen-bond donors (Lipinski definition) is 1. The van der Waals surface area contributed by atoms with Gasteiger partial charge < -0.3 is 4.90 Å². The van der Waals surface area contributed by atoms with Crippen LogP contribution in [-0.4, -0.2) is 22.9 Å². The molecule has 114 valence electrons. The molecule has 3 rings (SSSR count). The zero-order valence-electron chi connectivity index (χ0n) is 13.5. The average Bonchev–Trinajstić information content (AvgIpc) is 3.11. The molecule has 3 nitrogen and oxygen atoms in total. The third-order valence-corrected chi connectivity index (χ3v) is 5.40. The third-order valence-electron chi connectivity index (χ3n) is 5.40. The molecule has 1 aliphatic heterocycles. The number of amides is 1. The van der Waals surface area contributed by atoms with Crippen molar-refractivity contribution in [3.63, 3.8) is 0 Å². The molecule has 2 aliphatic rings. The van der Waals surface area contributed by atoms with E-state index in [0.29, 0.717) is 5.92 Å². The predicted octanol–water partition coefficient (Wildman–Crippen LogP) is 3.25. The number of benzene rings is 1. The zero-order chi connectivity index (χ0) is 15.2. The van der Waals surface area contributed by atoms with E-state index in [0.717, 1.165) is 18.9 Å².